The molecule has 35 heavy (non-hydrogen) atoms. The molecule has 2 aromatic carbocycles. The van der Waals surface area contributed by atoms with Gasteiger partial charge in [-0.2, -0.15) is 0 Å². The summed E-state index contributed by atoms with van der Waals surface area (Å²) >= 11 is 0. The largest absolute Gasteiger partial charge is 0.496 e. The van der Waals surface area contributed by atoms with Crippen LogP contribution in [0, 0.1) is 12.7 Å². The van der Waals surface area contributed by atoms with Crippen LogP contribution in [0.2, 0.25) is 0 Å². The molecule has 8 nitrogen and oxygen atoms in total. The number of aromatic carboxylic acids is 1. The minimum atomic E-state index is -1.07. The van der Waals surface area contributed by atoms with Gasteiger partial charge in [-0.05, 0) is 51.1 Å². The first-order chi connectivity index (χ1) is 16.8. The first-order valence-electron chi connectivity index (χ1n) is 11.2. The normalized spacial score (nSPS) is 11.9. The molecule has 2 heterocycles. The highest BCUT2D eigenvalue weighted by Gasteiger charge is 2.20. The monoisotopic (exact) mass is 478 g/mol. The highest BCUT2D eigenvalue weighted by Crippen LogP contribution is 2.34. The maximum atomic E-state index is 14.8. The van der Waals surface area contributed by atoms with Gasteiger partial charge in [0.1, 0.15) is 35.0 Å². The third kappa shape index (κ3) is 4.62. The van der Waals surface area contributed by atoms with Crippen LogP contribution >= 0.6 is 0 Å². The molecule has 2 N–H and O–H groups in total. The SMILES string of the molecule is CCOc1c(C(=O)O)cccc1-c1cc(NCC(C)n2c(C)cc3c(OC)ccc(F)c32)ncn1. The quantitative estimate of drug-likeness (QED) is 0.336. The van der Waals surface area contributed by atoms with Crippen molar-refractivity contribution in [2.75, 3.05) is 25.6 Å². The second kappa shape index (κ2) is 10.0. The van der Waals surface area contributed by atoms with E-state index in [2.05, 4.69) is 15.3 Å². The lowest BCUT2D eigenvalue weighted by Gasteiger charge is -2.19. The number of aryl methyl sites for hydroxylation is 1. The predicted molar refractivity (Wildman–Crippen MR) is 132 cm³/mol. The Labute approximate surface area is 202 Å². The molecular formula is C26H27FN4O4. The van der Waals surface area contributed by atoms with E-state index in [1.165, 1.54) is 18.5 Å². The Morgan fingerprint density at radius 3 is 2.74 bits per heavy atom. The smallest absolute Gasteiger partial charge is 0.339 e. The van der Waals surface area contributed by atoms with E-state index in [-0.39, 0.29) is 23.2 Å². The Morgan fingerprint density at radius 1 is 1.23 bits per heavy atom. The average Bonchev–Trinajstić information content (AvgIpc) is 3.21. The molecule has 0 saturated heterocycles. The van der Waals surface area contributed by atoms with E-state index < -0.39 is 5.97 Å². The van der Waals surface area contributed by atoms with E-state index >= 15 is 0 Å². The summed E-state index contributed by atoms with van der Waals surface area (Å²) in [6, 6.07) is 11.5. The number of anilines is 1. The van der Waals surface area contributed by atoms with E-state index in [1.54, 1.807) is 38.3 Å². The molecule has 0 amide bonds. The fraction of sp³-hybridized carbons (Fsp3) is 0.269. The van der Waals surface area contributed by atoms with Crippen molar-refractivity contribution < 1.29 is 23.8 Å². The van der Waals surface area contributed by atoms with Crippen molar-refractivity contribution in [1.82, 2.24) is 14.5 Å². The summed E-state index contributed by atoms with van der Waals surface area (Å²) in [5, 5.41) is 13.6. The van der Waals surface area contributed by atoms with Gasteiger partial charge in [0.05, 0.1) is 24.9 Å². The first-order valence-corrected chi connectivity index (χ1v) is 11.2. The molecule has 2 aromatic heterocycles. The number of carbonyl (C=O) groups is 1. The van der Waals surface area contributed by atoms with Crippen LogP contribution in [0.15, 0.2) is 48.8 Å². The molecule has 0 aliphatic rings. The Morgan fingerprint density at radius 2 is 2.03 bits per heavy atom. The lowest BCUT2D eigenvalue weighted by Crippen LogP contribution is -2.18. The van der Waals surface area contributed by atoms with Gasteiger partial charge in [-0.25, -0.2) is 19.2 Å². The lowest BCUT2D eigenvalue weighted by molar-refractivity contribution is 0.0692. The third-order valence-electron chi connectivity index (χ3n) is 5.82. The van der Waals surface area contributed by atoms with Crippen molar-refractivity contribution in [1.29, 1.82) is 0 Å². The Balaban J connectivity index is 1.62. The molecule has 0 radical (unpaired) electrons. The van der Waals surface area contributed by atoms with Crippen LogP contribution in [-0.2, 0) is 0 Å². The van der Waals surface area contributed by atoms with Gasteiger partial charge in [-0.15, -0.1) is 0 Å². The van der Waals surface area contributed by atoms with Crippen LogP contribution in [0.5, 0.6) is 11.5 Å². The minimum Gasteiger partial charge on any atom is -0.496 e. The maximum Gasteiger partial charge on any atom is 0.339 e. The van der Waals surface area contributed by atoms with Gasteiger partial charge in [0.2, 0.25) is 0 Å². The molecule has 0 bridgehead atoms. The minimum absolute atomic E-state index is 0.0681. The number of ether oxygens (including phenoxy) is 2. The van der Waals surface area contributed by atoms with Gasteiger partial charge in [-0.3, -0.25) is 0 Å². The van der Waals surface area contributed by atoms with E-state index in [0.29, 0.717) is 41.5 Å². The molecule has 0 fully saturated rings. The van der Waals surface area contributed by atoms with Gasteiger partial charge in [0, 0.05) is 35.3 Å². The Kier molecular flexibility index (Phi) is 6.86. The van der Waals surface area contributed by atoms with Gasteiger partial charge in [0.15, 0.2) is 0 Å². The van der Waals surface area contributed by atoms with Crippen LogP contribution < -0.4 is 14.8 Å². The lowest BCUT2D eigenvalue weighted by atomic mass is 10.1. The van der Waals surface area contributed by atoms with Crippen LogP contribution in [0.4, 0.5) is 10.2 Å². The second-order valence-corrected chi connectivity index (χ2v) is 8.11. The van der Waals surface area contributed by atoms with Crippen LogP contribution in [0.1, 0.15) is 35.9 Å². The zero-order valence-corrected chi connectivity index (χ0v) is 20.0. The number of hydrogen-bond acceptors (Lipinski definition) is 6. The van der Waals surface area contributed by atoms with Crippen molar-refractivity contribution in [3.8, 4) is 22.8 Å². The summed E-state index contributed by atoms with van der Waals surface area (Å²) in [5.41, 5.74) is 2.56. The van der Waals surface area contributed by atoms with Crippen molar-refractivity contribution in [3.63, 3.8) is 0 Å². The summed E-state index contributed by atoms with van der Waals surface area (Å²) < 4.78 is 27.7. The second-order valence-electron chi connectivity index (χ2n) is 8.11. The number of methoxy groups -OCH3 is 1. The standard InChI is InChI=1S/C26H27FN4O4/c1-5-35-25-17(7-6-8-18(25)26(32)33)21-12-23(30-14-29-21)28-13-16(3)31-15(2)11-19-22(34-4)10-9-20(27)24(19)31/h6-12,14,16H,5,13H2,1-4H3,(H,32,33)(H,28,29,30). The summed E-state index contributed by atoms with van der Waals surface area (Å²) in [5.74, 6) is 0.0515. The Hall–Kier alpha value is -4.14. The number of para-hydroxylation sites is 1. The average molecular weight is 479 g/mol. The number of carboxylic acids is 1. The molecule has 9 heteroatoms. The number of fused-ring (bicyclic) bond motifs is 1. The maximum absolute atomic E-state index is 14.8. The van der Waals surface area contributed by atoms with Crippen molar-refractivity contribution >= 4 is 22.7 Å². The summed E-state index contributed by atoms with van der Waals surface area (Å²) in [6.45, 7) is 6.50. The number of nitrogens with one attached hydrogen (secondary N) is 1. The topological polar surface area (TPSA) is 98.5 Å². The number of rotatable bonds is 9. The van der Waals surface area contributed by atoms with Crippen LogP contribution in [0.3, 0.4) is 0 Å². The van der Waals surface area contributed by atoms with Gasteiger partial charge in [0.25, 0.3) is 0 Å². The van der Waals surface area contributed by atoms with E-state index in [0.717, 1.165) is 11.1 Å². The summed E-state index contributed by atoms with van der Waals surface area (Å²) in [4.78, 5) is 20.3. The summed E-state index contributed by atoms with van der Waals surface area (Å²) in [7, 11) is 1.57. The van der Waals surface area contributed by atoms with E-state index in [1.807, 2.05) is 24.5 Å². The fourth-order valence-electron chi connectivity index (χ4n) is 4.30. The van der Waals surface area contributed by atoms with E-state index in [9.17, 15) is 14.3 Å². The van der Waals surface area contributed by atoms with E-state index in [4.69, 9.17) is 9.47 Å². The zero-order chi connectivity index (χ0) is 25.1. The molecule has 4 rings (SSSR count). The predicted octanol–water partition coefficient (Wildman–Crippen LogP) is 5.32. The molecule has 1 unspecified atom stereocenters. The number of halogens is 1. The fourth-order valence-corrected chi connectivity index (χ4v) is 4.30. The molecule has 4 aromatic rings. The number of benzene rings is 2. The molecule has 0 spiro atoms. The molecule has 0 aliphatic carbocycles. The van der Waals surface area contributed by atoms with Crippen molar-refractivity contribution in [2.45, 2.75) is 26.8 Å². The number of aromatic nitrogens is 3. The number of carboxylic acid groups (broad SMARTS) is 1. The van der Waals surface area contributed by atoms with Crippen molar-refractivity contribution in [2.24, 2.45) is 0 Å². The molecule has 182 valence electrons. The third-order valence-corrected chi connectivity index (χ3v) is 5.82. The van der Waals surface area contributed by atoms with Gasteiger partial charge < -0.3 is 24.5 Å². The highest BCUT2D eigenvalue weighted by atomic mass is 19.1. The zero-order valence-electron chi connectivity index (χ0n) is 20.0. The Bertz CT molecular complexity index is 1390. The number of hydrogen-bond donors (Lipinski definition) is 2. The van der Waals surface area contributed by atoms with Crippen molar-refractivity contribution in [3.05, 3.63) is 65.9 Å². The van der Waals surface area contributed by atoms with Gasteiger partial charge >= 0.3 is 5.97 Å². The van der Waals surface area contributed by atoms with Crippen LogP contribution in [0.25, 0.3) is 22.2 Å². The molecular weight excluding hydrogens is 451 g/mol. The first kappa shape index (κ1) is 24.0. The number of nitrogens with zero attached hydrogens (tertiary/aromatic N) is 3. The van der Waals surface area contributed by atoms with Gasteiger partial charge in [-0.1, -0.05) is 6.07 Å². The highest BCUT2D eigenvalue weighted by molar-refractivity contribution is 5.94. The molecule has 0 saturated carbocycles. The van der Waals surface area contributed by atoms with Crippen LogP contribution in [-0.4, -0.2) is 45.9 Å². The summed E-state index contributed by atoms with van der Waals surface area (Å²) in [6.07, 6.45) is 1.41. The molecule has 1 atom stereocenters. The molecule has 0 aliphatic heterocycles.